The molecule has 2 heterocycles. The topological polar surface area (TPSA) is 96.0 Å². The fourth-order valence-electron chi connectivity index (χ4n) is 4.07. The lowest BCUT2D eigenvalue weighted by molar-refractivity contribution is -0.160. The molecule has 1 aromatic carbocycles. The molecule has 8 heteroatoms. The average Bonchev–Trinajstić information content (AvgIpc) is 3.03. The van der Waals surface area contributed by atoms with Gasteiger partial charge in [0, 0.05) is 24.9 Å². The first-order valence-corrected chi connectivity index (χ1v) is 10.3. The van der Waals surface area contributed by atoms with E-state index < -0.39 is 29.7 Å². The van der Waals surface area contributed by atoms with Gasteiger partial charge in [0.05, 0.1) is 11.3 Å². The molecule has 0 aliphatic carbocycles. The number of para-hydroxylation sites is 1. The summed E-state index contributed by atoms with van der Waals surface area (Å²) < 4.78 is 5.38. The van der Waals surface area contributed by atoms with Gasteiger partial charge in [0.15, 0.2) is 6.61 Å². The van der Waals surface area contributed by atoms with Crippen molar-refractivity contribution in [1.82, 2.24) is 10.2 Å². The predicted molar refractivity (Wildman–Crippen MR) is 111 cm³/mol. The molecule has 0 saturated carbocycles. The molecule has 1 aromatic rings. The van der Waals surface area contributed by atoms with Crippen molar-refractivity contribution in [3.05, 3.63) is 29.8 Å². The molecule has 1 fully saturated rings. The van der Waals surface area contributed by atoms with Crippen molar-refractivity contribution >= 4 is 29.4 Å². The van der Waals surface area contributed by atoms with Crippen molar-refractivity contribution in [2.75, 3.05) is 18.1 Å². The standard InChI is InChI=1S/C22H29N3O5/c1-5-6-13-24-19(28)15-9-7-8-10-16(15)25-18(27)11-12-22(24,25)20(29)30-14-17(26)23-21(2,3)4/h7-10H,5-6,11-14H2,1-4H3,(H,23,26)/t22-/m0/s1. The third-order valence-electron chi connectivity index (χ3n) is 5.28. The summed E-state index contributed by atoms with van der Waals surface area (Å²) in [4.78, 5) is 54.5. The number of hydrogen-bond acceptors (Lipinski definition) is 5. The third kappa shape index (κ3) is 3.78. The third-order valence-corrected chi connectivity index (χ3v) is 5.28. The number of nitrogens with zero attached hydrogens (tertiary/aromatic N) is 2. The maximum Gasteiger partial charge on any atom is 0.354 e. The van der Waals surface area contributed by atoms with E-state index in [9.17, 15) is 19.2 Å². The van der Waals surface area contributed by atoms with E-state index in [0.717, 1.165) is 6.42 Å². The highest BCUT2D eigenvalue weighted by Gasteiger charge is 2.61. The number of carbonyl (C=O) groups excluding carboxylic acids is 4. The first kappa shape index (κ1) is 21.8. The molecule has 3 amide bonds. The lowest BCUT2D eigenvalue weighted by Gasteiger charge is -2.48. The van der Waals surface area contributed by atoms with E-state index in [0.29, 0.717) is 24.2 Å². The number of carbonyl (C=O) groups is 4. The molecule has 0 radical (unpaired) electrons. The zero-order chi connectivity index (χ0) is 22.1. The Labute approximate surface area is 176 Å². The van der Waals surface area contributed by atoms with Gasteiger partial charge in [-0.2, -0.15) is 0 Å². The summed E-state index contributed by atoms with van der Waals surface area (Å²) in [6.45, 7) is 7.31. The van der Waals surface area contributed by atoms with Crippen molar-refractivity contribution in [3.63, 3.8) is 0 Å². The molecule has 1 N–H and O–H groups in total. The van der Waals surface area contributed by atoms with Gasteiger partial charge in [0.1, 0.15) is 0 Å². The van der Waals surface area contributed by atoms with Crippen LogP contribution in [0, 0.1) is 0 Å². The lowest BCUT2D eigenvalue weighted by atomic mass is 9.96. The quantitative estimate of drug-likeness (QED) is 0.719. The van der Waals surface area contributed by atoms with Gasteiger partial charge >= 0.3 is 5.97 Å². The second-order valence-electron chi connectivity index (χ2n) is 8.75. The molecule has 30 heavy (non-hydrogen) atoms. The smallest absolute Gasteiger partial charge is 0.354 e. The summed E-state index contributed by atoms with van der Waals surface area (Å²) in [7, 11) is 0. The lowest BCUT2D eigenvalue weighted by Crippen LogP contribution is -2.68. The Balaban J connectivity index is 1.97. The van der Waals surface area contributed by atoms with Gasteiger partial charge < -0.3 is 15.0 Å². The fraction of sp³-hybridized carbons (Fsp3) is 0.545. The van der Waals surface area contributed by atoms with E-state index in [4.69, 9.17) is 4.74 Å². The van der Waals surface area contributed by atoms with E-state index in [1.54, 1.807) is 24.3 Å². The van der Waals surface area contributed by atoms with Crippen LogP contribution < -0.4 is 10.2 Å². The monoisotopic (exact) mass is 415 g/mol. The number of fused-ring (bicyclic) bond motifs is 3. The molecule has 0 unspecified atom stereocenters. The summed E-state index contributed by atoms with van der Waals surface area (Å²) in [5.41, 5.74) is -1.23. The molecule has 0 aromatic heterocycles. The maximum atomic E-state index is 13.4. The molecule has 0 bridgehead atoms. The Morgan fingerprint density at radius 2 is 1.90 bits per heavy atom. The van der Waals surface area contributed by atoms with Gasteiger partial charge in [0.2, 0.25) is 11.6 Å². The maximum absolute atomic E-state index is 13.4. The van der Waals surface area contributed by atoms with Crippen molar-refractivity contribution < 1.29 is 23.9 Å². The predicted octanol–water partition coefficient (Wildman–Crippen LogP) is 2.22. The summed E-state index contributed by atoms with van der Waals surface area (Å²) in [5.74, 6) is -1.74. The van der Waals surface area contributed by atoms with Crippen LogP contribution in [0.5, 0.6) is 0 Å². The van der Waals surface area contributed by atoms with Gasteiger partial charge in [-0.25, -0.2) is 4.79 Å². The zero-order valence-electron chi connectivity index (χ0n) is 18.0. The van der Waals surface area contributed by atoms with Crippen LogP contribution in [0.4, 0.5) is 5.69 Å². The van der Waals surface area contributed by atoms with Crippen LogP contribution in [-0.2, 0) is 19.1 Å². The minimum Gasteiger partial charge on any atom is -0.452 e. The second-order valence-corrected chi connectivity index (χ2v) is 8.75. The molecule has 162 valence electrons. The molecule has 3 rings (SSSR count). The minimum absolute atomic E-state index is 0.119. The first-order chi connectivity index (χ1) is 14.1. The van der Waals surface area contributed by atoms with Crippen molar-refractivity contribution in [2.24, 2.45) is 0 Å². The SMILES string of the molecule is CCCCN1C(=O)c2ccccc2N2C(=O)CC[C@]12C(=O)OCC(=O)NC(C)(C)C. The molecule has 1 saturated heterocycles. The number of benzene rings is 1. The van der Waals surface area contributed by atoms with Crippen LogP contribution in [0.25, 0.3) is 0 Å². The Morgan fingerprint density at radius 1 is 1.20 bits per heavy atom. The number of amides is 3. The largest absolute Gasteiger partial charge is 0.452 e. The van der Waals surface area contributed by atoms with Gasteiger partial charge in [0.25, 0.3) is 11.8 Å². The van der Waals surface area contributed by atoms with Crippen LogP contribution >= 0.6 is 0 Å². The Kier molecular flexibility index (Phi) is 5.87. The summed E-state index contributed by atoms with van der Waals surface area (Å²) in [6.07, 6.45) is 1.75. The summed E-state index contributed by atoms with van der Waals surface area (Å²) in [5, 5.41) is 2.74. The second kappa shape index (κ2) is 8.08. The Morgan fingerprint density at radius 3 is 2.57 bits per heavy atom. The van der Waals surface area contributed by atoms with E-state index in [2.05, 4.69) is 5.32 Å². The number of ether oxygens (including phenoxy) is 1. The molecule has 2 aliphatic rings. The van der Waals surface area contributed by atoms with Crippen LogP contribution in [-0.4, -0.2) is 52.9 Å². The van der Waals surface area contributed by atoms with Gasteiger partial charge in [-0.15, -0.1) is 0 Å². The number of hydrogen-bond donors (Lipinski definition) is 1. The van der Waals surface area contributed by atoms with E-state index >= 15 is 0 Å². The van der Waals surface area contributed by atoms with E-state index in [1.165, 1.54) is 9.80 Å². The van der Waals surface area contributed by atoms with E-state index in [-0.39, 0.29) is 24.7 Å². The highest BCUT2D eigenvalue weighted by atomic mass is 16.5. The highest BCUT2D eigenvalue weighted by Crippen LogP contribution is 2.45. The number of unbranched alkanes of at least 4 members (excludes halogenated alkanes) is 1. The Hall–Kier alpha value is -2.90. The minimum atomic E-state index is -1.56. The molecular formula is C22H29N3O5. The van der Waals surface area contributed by atoms with E-state index in [1.807, 2.05) is 27.7 Å². The number of nitrogens with one attached hydrogen (secondary N) is 1. The fourth-order valence-corrected chi connectivity index (χ4v) is 4.07. The number of esters is 1. The van der Waals surface area contributed by atoms with Crippen molar-refractivity contribution in [1.29, 1.82) is 0 Å². The summed E-state index contributed by atoms with van der Waals surface area (Å²) in [6, 6.07) is 6.79. The van der Waals surface area contributed by atoms with Crippen LogP contribution in [0.2, 0.25) is 0 Å². The highest BCUT2D eigenvalue weighted by molar-refractivity contribution is 6.15. The van der Waals surface area contributed by atoms with Crippen LogP contribution in [0.1, 0.15) is 63.7 Å². The Bertz CT molecular complexity index is 876. The van der Waals surface area contributed by atoms with Gasteiger partial charge in [-0.3, -0.25) is 19.3 Å². The van der Waals surface area contributed by atoms with Crippen LogP contribution in [0.3, 0.4) is 0 Å². The number of rotatable bonds is 6. The molecule has 2 aliphatic heterocycles. The molecule has 0 spiro atoms. The van der Waals surface area contributed by atoms with Crippen LogP contribution in [0.15, 0.2) is 24.3 Å². The van der Waals surface area contributed by atoms with Gasteiger partial charge in [-0.05, 0) is 39.3 Å². The summed E-state index contributed by atoms with van der Waals surface area (Å²) >= 11 is 0. The first-order valence-electron chi connectivity index (χ1n) is 10.3. The number of anilines is 1. The van der Waals surface area contributed by atoms with Gasteiger partial charge in [-0.1, -0.05) is 25.5 Å². The molecule has 1 atom stereocenters. The van der Waals surface area contributed by atoms with Crippen molar-refractivity contribution in [2.45, 2.75) is 64.6 Å². The molecular weight excluding hydrogens is 386 g/mol. The molecule has 8 nitrogen and oxygen atoms in total. The zero-order valence-corrected chi connectivity index (χ0v) is 18.0. The van der Waals surface area contributed by atoms with Crippen molar-refractivity contribution in [3.8, 4) is 0 Å². The average molecular weight is 415 g/mol. The normalized spacial score (nSPS) is 20.7.